The Morgan fingerprint density at radius 3 is 2.50 bits per heavy atom. The molecule has 0 aromatic carbocycles. The van der Waals surface area contributed by atoms with Crippen molar-refractivity contribution in [2.75, 3.05) is 44.3 Å². The molecule has 1 aliphatic carbocycles. The van der Waals surface area contributed by atoms with Gasteiger partial charge in [0, 0.05) is 44.7 Å². The number of rotatable bonds is 5. The number of carboxylic acids is 1. The fourth-order valence-corrected chi connectivity index (χ4v) is 5.14. The minimum absolute atomic E-state index is 0.113. The molecule has 0 bridgehead atoms. The molecule has 162 valence electrons. The zero-order valence-corrected chi connectivity index (χ0v) is 17.7. The summed E-state index contributed by atoms with van der Waals surface area (Å²) in [5, 5.41) is 15.7. The van der Waals surface area contributed by atoms with E-state index < -0.39 is 5.97 Å². The van der Waals surface area contributed by atoms with Crippen LogP contribution in [0.3, 0.4) is 0 Å². The molecule has 30 heavy (non-hydrogen) atoms. The normalized spacial score (nSPS) is 21.8. The number of anilines is 1. The van der Waals surface area contributed by atoms with E-state index in [0.717, 1.165) is 87.5 Å². The molecule has 2 saturated heterocycles. The highest BCUT2D eigenvalue weighted by atomic mass is 16.5. The van der Waals surface area contributed by atoms with E-state index in [4.69, 9.17) is 9.84 Å². The number of pyridine rings is 1. The lowest BCUT2D eigenvalue weighted by Gasteiger charge is -2.41. The minimum atomic E-state index is -0.976. The van der Waals surface area contributed by atoms with Crippen molar-refractivity contribution in [2.24, 2.45) is 0 Å². The van der Waals surface area contributed by atoms with Gasteiger partial charge in [0.05, 0.1) is 30.0 Å². The van der Waals surface area contributed by atoms with Gasteiger partial charge in [0.25, 0.3) is 0 Å². The van der Waals surface area contributed by atoms with Crippen LogP contribution in [0.2, 0.25) is 0 Å². The minimum Gasteiger partial charge on any atom is -0.477 e. The molecule has 8 nitrogen and oxygen atoms in total. The van der Waals surface area contributed by atoms with E-state index in [1.54, 1.807) is 6.07 Å². The number of morpholine rings is 1. The predicted octanol–water partition coefficient (Wildman–Crippen LogP) is 2.72. The van der Waals surface area contributed by atoms with Gasteiger partial charge in [0.1, 0.15) is 0 Å². The van der Waals surface area contributed by atoms with Crippen LogP contribution in [-0.2, 0) is 11.3 Å². The van der Waals surface area contributed by atoms with Crippen molar-refractivity contribution >= 4 is 22.7 Å². The fraction of sp³-hybridized carbons (Fsp3) is 0.682. The van der Waals surface area contributed by atoms with Crippen molar-refractivity contribution in [1.82, 2.24) is 19.7 Å². The van der Waals surface area contributed by atoms with Crippen LogP contribution in [0, 0.1) is 0 Å². The van der Waals surface area contributed by atoms with E-state index in [0.29, 0.717) is 18.5 Å². The molecule has 1 saturated carbocycles. The third-order valence-corrected chi connectivity index (χ3v) is 7.09. The van der Waals surface area contributed by atoms with E-state index >= 15 is 0 Å². The number of ether oxygens (including phenoxy) is 1. The lowest BCUT2D eigenvalue weighted by Crippen LogP contribution is -2.49. The summed E-state index contributed by atoms with van der Waals surface area (Å²) >= 11 is 0. The first kappa shape index (κ1) is 19.8. The van der Waals surface area contributed by atoms with E-state index in [1.165, 1.54) is 6.42 Å². The average Bonchev–Trinajstić information content (AvgIpc) is 3.11. The Hall–Kier alpha value is -2.19. The van der Waals surface area contributed by atoms with Gasteiger partial charge in [-0.1, -0.05) is 6.42 Å². The molecule has 8 heteroatoms. The van der Waals surface area contributed by atoms with E-state index in [9.17, 15) is 9.90 Å². The number of aryl methyl sites for hydroxylation is 1. The van der Waals surface area contributed by atoms with Crippen LogP contribution >= 0.6 is 0 Å². The Morgan fingerprint density at radius 2 is 1.90 bits per heavy atom. The maximum absolute atomic E-state index is 11.8. The summed E-state index contributed by atoms with van der Waals surface area (Å²) in [6.07, 6.45) is 5.75. The van der Waals surface area contributed by atoms with Crippen LogP contribution in [-0.4, -0.2) is 76.2 Å². The van der Waals surface area contributed by atoms with Gasteiger partial charge in [-0.05, 0) is 38.7 Å². The van der Waals surface area contributed by atoms with Crippen molar-refractivity contribution < 1.29 is 14.6 Å². The second-order valence-corrected chi connectivity index (χ2v) is 8.73. The molecule has 1 N–H and O–H groups in total. The second-order valence-electron chi connectivity index (χ2n) is 8.73. The van der Waals surface area contributed by atoms with Gasteiger partial charge >= 0.3 is 5.97 Å². The number of hydrogen-bond donors (Lipinski definition) is 1. The number of nitrogens with zero attached hydrogens (tertiary/aromatic N) is 5. The standard InChI is InChI=1S/C22H31N5O3/c1-2-27-21-19(20(24-27)15-4-3-5-15)18(14-17(23-21)22(28)29)26-8-6-16(7-9-26)25-10-12-30-13-11-25/h14-16H,2-13H2,1H3,(H,28,29). The maximum atomic E-state index is 11.8. The molecule has 0 atom stereocenters. The topological polar surface area (TPSA) is 83.7 Å². The van der Waals surface area contributed by atoms with Crippen molar-refractivity contribution in [3.05, 3.63) is 17.5 Å². The van der Waals surface area contributed by atoms with Gasteiger partial charge in [0.15, 0.2) is 11.3 Å². The van der Waals surface area contributed by atoms with Crippen LogP contribution in [0.5, 0.6) is 0 Å². The van der Waals surface area contributed by atoms with Crippen molar-refractivity contribution in [3.63, 3.8) is 0 Å². The number of fused-ring (bicyclic) bond motifs is 1. The van der Waals surface area contributed by atoms with Crippen molar-refractivity contribution in [3.8, 4) is 0 Å². The summed E-state index contributed by atoms with van der Waals surface area (Å²) in [5.74, 6) is -0.502. The molecular formula is C22H31N5O3. The highest BCUT2D eigenvalue weighted by molar-refractivity contribution is 5.98. The lowest BCUT2D eigenvalue weighted by atomic mass is 9.82. The van der Waals surface area contributed by atoms with E-state index in [2.05, 4.69) is 14.8 Å². The van der Waals surface area contributed by atoms with Crippen LogP contribution in [0.4, 0.5) is 5.69 Å². The summed E-state index contributed by atoms with van der Waals surface area (Å²) in [4.78, 5) is 21.2. The Labute approximate surface area is 176 Å². The first-order chi connectivity index (χ1) is 14.7. The molecule has 3 fully saturated rings. The zero-order valence-electron chi connectivity index (χ0n) is 17.7. The number of piperidine rings is 1. The highest BCUT2D eigenvalue weighted by Gasteiger charge is 2.32. The molecule has 2 aliphatic heterocycles. The summed E-state index contributed by atoms with van der Waals surface area (Å²) in [6, 6.07) is 2.37. The lowest BCUT2D eigenvalue weighted by molar-refractivity contribution is 0.0115. The fourth-order valence-electron chi connectivity index (χ4n) is 5.14. The zero-order chi connectivity index (χ0) is 20.7. The van der Waals surface area contributed by atoms with E-state index in [-0.39, 0.29) is 5.69 Å². The predicted molar refractivity (Wildman–Crippen MR) is 114 cm³/mol. The Morgan fingerprint density at radius 1 is 1.17 bits per heavy atom. The van der Waals surface area contributed by atoms with Crippen molar-refractivity contribution in [2.45, 2.75) is 57.5 Å². The van der Waals surface area contributed by atoms with Gasteiger partial charge in [-0.3, -0.25) is 4.90 Å². The molecule has 2 aromatic heterocycles. The second kappa shape index (κ2) is 8.15. The average molecular weight is 414 g/mol. The molecule has 0 amide bonds. The van der Waals surface area contributed by atoms with Crippen molar-refractivity contribution in [1.29, 1.82) is 0 Å². The van der Waals surface area contributed by atoms with Crippen LogP contribution in [0.15, 0.2) is 6.07 Å². The van der Waals surface area contributed by atoms with Crippen LogP contribution in [0.25, 0.3) is 11.0 Å². The number of aromatic carboxylic acids is 1. The van der Waals surface area contributed by atoms with Gasteiger partial charge < -0.3 is 14.7 Å². The number of aromatic nitrogens is 3. The molecule has 0 radical (unpaired) electrons. The number of carbonyl (C=O) groups is 1. The van der Waals surface area contributed by atoms with Gasteiger partial charge in [0.2, 0.25) is 0 Å². The van der Waals surface area contributed by atoms with Crippen LogP contribution < -0.4 is 4.90 Å². The molecule has 2 aromatic rings. The van der Waals surface area contributed by atoms with Gasteiger partial charge in [-0.25, -0.2) is 14.5 Å². The summed E-state index contributed by atoms with van der Waals surface area (Å²) in [7, 11) is 0. The third kappa shape index (κ3) is 3.46. The molecule has 0 unspecified atom stereocenters. The smallest absolute Gasteiger partial charge is 0.354 e. The van der Waals surface area contributed by atoms with Gasteiger partial charge in [-0.15, -0.1) is 0 Å². The molecule has 4 heterocycles. The first-order valence-corrected chi connectivity index (χ1v) is 11.4. The molecule has 0 spiro atoms. The Balaban J connectivity index is 1.49. The largest absolute Gasteiger partial charge is 0.477 e. The Kier molecular flexibility index (Phi) is 5.37. The van der Waals surface area contributed by atoms with Crippen LogP contribution in [0.1, 0.15) is 61.1 Å². The number of carboxylic acid groups (broad SMARTS) is 1. The number of hydrogen-bond acceptors (Lipinski definition) is 6. The highest BCUT2D eigenvalue weighted by Crippen LogP contribution is 2.42. The first-order valence-electron chi connectivity index (χ1n) is 11.4. The quantitative estimate of drug-likeness (QED) is 0.807. The third-order valence-electron chi connectivity index (χ3n) is 7.09. The molecule has 3 aliphatic rings. The van der Waals surface area contributed by atoms with E-state index in [1.807, 2.05) is 11.6 Å². The molecule has 5 rings (SSSR count). The summed E-state index contributed by atoms with van der Waals surface area (Å²) < 4.78 is 7.39. The molecular weight excluding hydrogens is 382 g/mol. The Bertz CT molecular complexity index is 924. The SMILES string of the molecule is CCn1nc(C2CCC2)c2c(N3CCC(N4CCOCC4)CC3)cc(C(=O)O)nc21. The van der Waals surface area contributed by atoms with Gasteiger partial charge in [-0.2, -0.15) is 5.10 Å². The maximum Gasteiger partial charge on any atom is 0.354 e. The summed E-state index contributed by atoms with van der Waals surface area (Å²) in [5.41, 5.74) is 2.97. The monoisotopic (exact) mass is 413 g/mol. The summed E-state index contributed by atoms with van der Waals surface area (Å²) in [6.45, 7) is 8.29.